The molecule has 1 aliphatic rings. The van der Waals surface area contributed by atoms with Crippen LogP contribution in [-0.2, 0) is 22.6 Å². The minimum atomic E-state index is -0.790. The second kappa shape index (κ2) is 10.7. The number of hydrogen-bond acceptors (Lipinski definition) is 3. The number of hydrogen-bond donors (Lipinski definition) is 1. The highest BCUT2D eigenvalue weighted by Gasteiger charge is 2.37. The van der Waals surface area contributed by atoms with Gasteiger partial charge in [0.15, 0.2) is 6.10 Å². The van der Waals surface area contributed by atoms with Crippen molar-refractivity contribution in [3.63, 3.8) is 0 Å². The molecule has 3 aromatic rings. The number of nitrogens with one attached hydrogen (secondary N) is 1. The normalized spacial score (nSPS) is 16.1. The Bertz CT molecular complexity index is 1280. The molecule has 3 aromatic carbocycles. The predicted octanol–water partition coefficient (Wildman–Crippen LogP) is 5.57. The molecular formula is C30H32F2N2O3. The van der Waals surface area contributed by atoms with Crippen LogP contribution in [-0.4, -0.2) is 29.4 Å². The summed E-state index contributed by atoms with van der Waals surface area (Å²) in [7, 11) is 0. The largest absolute Gasteiger partial charge is 0.481 e. The van der Waals surface area contributed by atoms with E-state index in [0.29, 0.717) is 24.3 Å². The molecule has 0 aliphatic carbocycles. The van der Waals surface area contributed by atoms with E-state index in [0.717, 1.165) is 16.7 Å². The molecule has 0 fully saturated rings. The number of carbonyl (C=O) groups excluding carboxylic acids is 2. The van der Waals surface area contributed by atoms with Crippen LogP contribution in [0.15, 0.2) is 66.7 Å². The number of fused-ring (bicyclic) bond motifs is 1. The molecule has 5 nitrogen and oxygen atoms in total. The summed E-state index contributed by atoms with van der Waals surface area (Å²) in [5.41, 5.74) is 2.76. The first-order valence-electron chi connectivity index (χ1n) is 12.4. The second-order valence-electron chi connectivity index (χ2n) is 10.4. The molecule has 0 spiro atoms. The molecule has 1 heterocycles. The van der Waals surface area contributed by atoms with Gasteiger partial charge < -0.3 is 15.0 Å². The van der Waals surface area contributed by atoms with Gasteiger partial charge >= 0.3 is 0 Å². The third kappa shape index (κ3) is 6.16. The zero-order chi connectivity index (χ0) is 26.7. The third-order valence-electron chi connectivity index (χ3n) is 6.47. The molecule has 2 amide bonds. The first kappa shape index (κ1) is 26.3. The number of halogens is 2. The highest BCUT2D eigenvalue weighted by atomic mass is 19.1. The first-order chi connectivity index (χ1) is 17.5. The Balaban J connectivity index is 1.57. The summed E-state index contributed by atoms with van der Waals surface area (Å²) in [6, 6.07) is 17.4. The number of nitrogens with zero attached hydrogens (tertiary/aromatic N) is 1. The molecule has 0 saturated carbocycles. The van der Waals surface area contributed by atoms with Crippen LogP contribution in [0.25, 0.3) is 0 Å². The molecular weight excluding hydrogens is 474 g/mol. The number of amides is 2. The van der Waals surface area contributed by atoms with Gasteiger partial charge in [-0.15, -0.1) is 0 Å². The van der Waals surface area contributed by atoms with Gasteiger partial charge in [0.25, 0.3) is 5.91 Å². The van der Waals surface area contributed by atoms with Crippen molar-refractivity contribution >= 4 is 11.8 Å². The molecule has 1 aliphatic heterocycles. The van der Waals surface area contributed by atoms with Crippen molar-refractivity contribution in [3.05, 3.63) is 101 Å². The summed E-state index contributed by atoms with van der Waals surface area (Å²) >= 11 is 0. The second-order valence-corrected chi connectivity index (χ2v) is 10.4. The van der Waals surface area contributed by atoms with Gasteiger partial charge in [-0.05, 0) is 72.0 Å². The molecule has 0 aromatic heterocycles. The Morgan fingerprint density at radius 2 is 1.76 bits per heavy atom. The molecule has 37 heavy (non-hydrogen) atoms. The van der Waals surface area contributed by atoms with Gasteiger partial charge in [0.2, 0.25) is 5.91 Å². The summed E-state index contributed by atoms with van der Waals surface area (Å²) in [4.78, 5) is 27.8. The SMILES string of the molecule is C[C@@H](Oc1ccc2c(c1)[C@@H](c1cccc(F)c1)N(C(=O)C(C)(C)C)CC2)C(=O)NCc1ccc(F)cc1. The molecule has 4 rings (SSSR count). The molecule has 0 radical (unpaired) electrons. The highest BCUT2D eigenvalue weighted by molar-refractivity contribution is 5.83. The molecule has 7 heteroatoms. The van der Waals surface area contributed by atoms with E-state index in [2.05, 4.69) is 5.32 Å². The zero-order valence-electron chi connectivity index (χ0n) is 21.6. The number of benzene rings is 3. The standard InChI is InChI=1S/C30H32F2N2O3/c1-19(28(35)33-18-20-8-11-23(31)12-9-20)37-25-13-10-21-14-15-34(29(36)30(2,3)4)27(26(21)17-25)22-6-5-7-24(32)16-22/h5-13,16-17,19,27H,14-15,18H2,1-4H3,(H,33,35)/t19-,27-/m1/s1. The van der Waals surface area contributed by atoms with Gasteiger partial charge in [0, 0.05) is 18.5 Å². The van der Waals surface area contributed by atoms with Crippen molar-refractivity contribution in [2.75, 3.05) is 6.54 Å². The average Bonchev–Trinajstić information content (AvgIpc) is 2.86. The van der Waals surface area contributed by atoms with E-state index in [9.17, 15) is 18.4 Å². The van der Waals surface area contributed by atoms with Crippen molar-refractivity contribution in [1.29, 1.82) is 0 Å². The van der Waals surface area contributed by atoms with Gasteiger partial charge in [-0.2, -0.15) is 0 Å². The Labute approximate surface area is 216 Å². The molecule has 0 unspecified atom stereocenters. The van der Waals surface area contributed by atoms with Crippen LogP contribution in [0.2, 0.25) is 0 Å². The minimum Gasteiger partial charge on any atom is -0.481 e. The maximum atomic E-state index is 14.2. The van der Waals surface area contributed by atoms with Gasteiger partial charge in [0.1, 0.15) is 17.4 Å². The fourth-order valence-corrected chi connectivity index (χ4v) is 4.55. The Morgan fingerprint density at radius 3 is 2.43 bits per heavy atom. The first-order valence-corrected chi connectivity index (χ1v) is 12.4. The van der Waals surface area contributed by atoms with Gasteiger partial charge in [-0.3, -0.25) is 9.59 Å². The van der Waals surface area contributed by atoms with Crippen molar-refractivity contribution in [2.24, 2.45) is 5.41 Å². The van der Waals surface area contributed by atoms with Crippen molar-refractivity contribution in [1.82, 2.24) is 10.2 Å². The summed E-state index contributed by atoms with van der Waals surface area (Å²) in [6.07, 6.45) is -0.126. The third-order valence-corrected chi connectivity index (χ3v) is 6.47. The summed E-state index contributed by atoms with van der Waals surface area (Å²) < 4.78 is 33.3. The summed E-state index contributed by atoms with van der Waals surface area (Å²) in [5.74, 6) is -0.555. The maximum absolute atomic E-state index is 14.2. The summed E-state index contributed by atoms with van der Waals surface area (Å²) in [5, 5.41) is 2.80. The Hall–Kier alpha value is -3.74. The zero-order valence-corrected chi connectivity index (χ0v) is 21.6. The molecule has 2 atom stereocenters. The van der Waals surface area contributed by atoms with E-state index in [4.69, 9.17) is 4.74 Å². The molecule has 0 saturated heterocycles. The van der Waals surface area contributed by atoms with Crippen LogP contribution in [0.3, 0.4) is 0 Å². The topological polar surface area (TPSA) is 58.6 Å². The van der Waals surface area contributed by atoms with Crippen molar-refractivity contribution in [3.8, 4) is 5.75 Å². The van der Waals surface area contributed by atoms with Gasteiger partial charge in [-0.1, -0.05) is 51.1 Å². The van der Waals surface area contributed by atoms with Crippen molar-refractivity contribution in [2.45, 2.75) is 52.8 Å². The van der Waals surface area contributed by atoms with Gasteiger partial charge in [0.05, 0.1) is 6.04 Å². The fraction of sp³-hybridized carbons (Fsp3) is 0.333. The number of rotatable bonds is 6. The van der Waals surface area contributed by atoms with Crippen LogP contribution >= 0.6 is 0 Å². The van der Waals surface area contributed by atoms with Crippen LogP contribution in [0.5, 0.6) is 5.75 Å². The lowest BCUT2D eigenvalue weighted by molar-refractivity contribution is -0.141. The van der Waals surface area contributed by atoms with E-state index in [1.807, 2.05) is 45.0 Å². The monoisotopic (exact) mass is 506 g/mol. The predicted molar refractivity (Wildman–Crippen MR) is 138 cm³/mol. The van der Waals surface area contributed by atoms with Crippen LogP contribution in [0.4, 0.5) is 8.78 Å². The van der Waals surface area contributed by atoms with E-state index in [1.54, 1.807) is 30.0 Å². The molecule has 194 valence electrons. The molecule has 0 bridgehead atoms. The maximum Gasteiger partial charge on any atom is 0.261 e. The lowest BCUT2D eigenvalue weighted by atomic mass is 9.85. The van der Waals surface area contributed by atoms with Crippen LogP contribution in [0.1, 0.15) is 56.0 Å². The van der Waals surface area contributed by atoms with E-state index in [-0.39, 0.29) is 30.0 Å². The van der Waals surface area contributed by atoms with E-state index in [1.165, 1.54) is 24.3 Å². The highest BCUT2D eigenvalue weighted by Crippen LogP contribution is 2.39. The number of ether oxygens (including phenoxy) is 1. The van der Waals surface area contributed by atoms with Crippen LogP contribution < -0.4 is 10.1 Å². The summed E-state index contributed by atoms with van der Waals surface area (Å²) in [6.45, 7) is 8.05. The lowest BCUT2D eigenvalue weighted by Crippen LogP contribution is -2.45. The van der Waals surface area contributed by atoms with E-state index >= 15 is 0 Å². The molecule has 1 N–H and O–H groups in total. The minimum absolute atomic E-state index is 0.0210. The van der Waals surface area contributed by atoms with Gasteiger partial charge in [-0.25, -0.2) is 8.78 Å². The number of carbonyl (C=O) groups is 2. The fourth-order valence-electron chi connectivity index (χ4n) is 4.55. The average molecular weight is 507 g/mol. The Kier molecular flexibility index (Phi) is 7.62. The Morgan fingerprint density at radius 1 is 1.03 bits per heavy atom. The van der Waals surface area contributed by atoms with Crippen molar-refractivity contribution < 1.29 is 23.1 Å². The van der Waals surface area contributed by atoms with Crippen LogP contribution in [0, 0.1) is 17.0 Å². The lowest BCUT2D eigenvalue weighted by Gasteiger charge is -2.41. The van der Waals surface area contributed by atoms with E-state index < -0.39 is 17.6 Å². The quantitative estimate of drug-likeness (QED) is 0.476. The smallest absolute Gasteiger partial charge is 0.261 e.